The zero-order valence-electron chi connectivity index (χ0n) is 13.2. The van der Waals surface area contributed by atoms with E-state index in [0.29, 0.717) is 13.0 Å². The average molecular weight is 294 g/mol. The van der Waals surface area contributed by atoms with Crippen molar-refractivity contribution < 1.29 is 19.4 Å². The number of carboxylic acids is 1. The Morgan fingerprint density at radius 2 is 1.57 bits per heavy atom. The Morgan fingerprint density at radius 3 is 2.05 bits per heavy atom. The maximum Gasteiger partial charge on any atom is 0.309 e. The Labute approximate surface area is 127 Å². The Kier molecular flexibility index (Phi) is 7.06. The largest absolute Gasteiger partial charge is 0.494 e. The van der Waals surface area contributed by atoms with Crippen LogP contribution in [0.25, 0.3) is 0 Å². The van der Waals surface area contributed by atoms with E-state index in [9.17, 15) is 4.79 Å². The van der Waals surface area contributed by atoms with Gasteiger partial charge in [0.25, 0.3) is 0 Å². The minimum Gasteiger partial charge on any atom is -0.494 e. The van der Waals surface area contributed by atoms with Gasteiger partial charge in [-0.25, -0.2) is 0 Å². The lowest BCUT2D eigenvalue weighted by molar-refractivity contribution is -0.147. The third kappa shape index (κ3) is 6.52. The second-order valence-corrected chi connectivity index (χ2v) is 5.81. The van der Waals surface area contributed by atoms with Gasteiger partial charge in [-0.15, -0.1) is 0 Å². The van der Waals surface area contributed by atoms with E-state index in [1.165, 1.54) is 0 Å². The Hall–Kier alpha value is -1.71. The van der Waals surface area contributed by atoms with Crippen molar-refractivity contribution in [3.05, 3.63) is 24.3 Å². The maximum absolute atomic E-state index is 11.0. The molecule has 0 fully saturated rings. The van der Waals surface area contributed by atoms with E-state index in [-0.39, 0.29) is 0 Å². The first-order valence-electron chi connectivity index (χ1n) is 7.55. The van der Waals surface area contributed by atoms with Crippen LogP contribution < -0.4 is 9.47 Å². The third-order valence-electron chi connectivity index (χ3n) is 3.34. The van der Waals surface area contributed by atoms with Gasteiger partial charge in [0, 0.05) is 0 Å². The summed E-state index contributed by atoms with van der Waals surface area (Å²) in [5.74, 6) is 0.926. The van der Waals surface area contributed by atoms with Gasteiger partial charge in [0.15, 0.2) is 0 Å². The molecule has 0 aliphatic carbocycles. The van der Waals surface area contributed by atoms with Crippen molar-refractivity contribution in [2.75, 3.05) is 13.2 Å². The summed E-state index contributed by atoms with van der Waals surface area (Å²) in [5, 5.41) is 9.02. The SMILES string of the molecule is CCCOc1ccc(OCCCCC(C)(C)C(=O)O)cc1. The fraction of sp³-hybridized carbons (Fsp3) is 0.588. The van der Waals surface area contributed by atoms with E-state index in [0.717, 1.165) is 37.4 Å². The highest BCUT2D eigenvalue weighted by Gasteiger charge is 2.25. The highest BCUT2D eigenvalue weighted by atomic mass is 16.5. The zero-order chi connectivity index (χ0) is 15.7. The van der Waals surface area contributed by atoms with Crippen LogP contribution in [0, 0.1) is 5.41 Å². The molecule has 4 heteroatoms. The van der Waals surface area contributed by atoms with Crippen LogP contribution in [0.2, 0.25) is 0 Å². The number of carbonyl (C=O) groups is 1. The van der Waals surface area contributed by atoms with Gasteiger partial charge in [0.2, 0.25) is 0 Å². The molecule has 0 spiro atoms. The number of ether oxygens (including phenoxy) is 2. The summed E-state index contributed by atoms with van der Waals surface area (Å²) in [5.41, 5.74) is -0.654. The van der Waals surface area contributed by atoms with Crippen LogP contribution >= 0.6 is 0 Å². The summed E-state index contributed by atoms with van der Waals surface area (Å²) in [6.45, 7) is 6.91. The van der Waals surface area contributed by atoms with Crippen molar-refractivity contribution in [3.63, 3.8) is 0 Å². The molecule has 0 saturated heterocycles. The van der Waals surface area contributed by atoms with Gasteiger partial charge in [-0.3, -0.25) is 4.79 Å². The van der Waals surface area contributed by atoms with Gasteiger partial charge >= 0.3 is 5.97 Å². The summed E-state index contributed by atoms with van der Waals surface area (Å²) in [4.78, 5) is 11.0. The fourth-order valence-electron chi connectivity index (χ4n) is 1.82. The molecule has 21 heavy (non-hydrogen) atoms. The Morgan fingerprint density at radius 1 is 1.05 bits per heavy atom. The van der Waals surface area contributed by atoms with Crippen molar-refractivity contribution in [1.29, 1.82) is 0 Å². The van der Waals surface area contributed by atoms with Crippen LogP contribution in [0.15, 0.2) is 24.3 Å². The van der Waals surface area contributed by atoms with E-state index in [4.69, 9.17) is 14.6 Å². The molecule has 0 heterocycles. The lowest BCUT2D eigenvalue weighted by Crippen LogP contribution is -2.23. The standard InChI is InChI=1S/C17H26O4/c1-4-12-20-14-7-9-15(10-8-14)21-13-6-5-11-17(2,3)16(18)19/h7-10H,4-6,11-13H2,1-3H3,(H,18,19). The minimum absolute atomic E-state index is 0.602. The van der Waals surface area contributed by atoms with E-state index in [1.54, 1.807) is 13.8 Å². The topological polar surface area (TPSA) is 55.8 Å². The lowest BCUT2D eigenvalue weighted by Gasteiger charge is -2.18. The normalized spacial score (nSPS) is 11.2. The first-order chi connectivity index (χ1) is 9.95. The second-order valence-electron chi connectivity index (χ2n) is 5.81. The van der Waals surface area contributed by atoms with Gasteiger partial charge in [0.05, 0.1) is 18.6 Å². The highest BCUT2D eigenvalue weighted by molar-refractivity contribution is 5.73. The van der Waals surface area contributed by atoms with Crippen LogP contribution in [-0.2, 0) is 4.79 Å². The predicted molar refractivity (Wildman–Crippen MR) is 83.0 cm³/mol. The molecule has 0 radical (unpaired) electrons. The van der Waals surface area contributed by atoms with Gasteiger partial charge in [-0.1, -0.05) is 6.92 Å². The highest BCUT2D eigenvalue weighted by Crippen LogP contribution is 2.23. The van der Waals surface area contributed by atoms with Crippen molar-refractivity contribution in [2.24, 2.45) is 5.41 Å². The van der Waals surface area contributed by atoms with Crippen LogP contribution in [0.4, 0.5) is 0 Å². The van der Waals surface area contributed by atoms with Gasteiger partial charge < -0.3 is 14.6 Å². The molecule has 0 bridgehead atoms. The van der Waals surface area contributed by atoms with Crippen LogP contribution in [0.1, 0.15) is 46.5 Å². The number of rotatable bonds is 10. The molecule has 0 amide bonds. The first-order valence-corrected chi connectivity index (χ1v) is 7.55. The zero-order valence-corrected chi connectivity index (χ0v) is 13.2. The molecule has 0 saturated carbocycles. The monoisotopic (exact) mass is 294 g/mol. The molecule has 118 valence electrons. The van der Waals surface area contributed by atoms with E-state index >= 15 is 0 Å². The fourth-order valence-corrected chi connectivity index (χ4v) is 1.82. The molecule has 1 rings (SSSR count). The van der Waals surface area contributed by atoms with Gasteiger partial charge in [-0.2, -0.15) is 0 Å². The molecule has 0 aliphatic rings. The second kappa shape index (κ2) is 8.55. The summed E-state index contributed by atoms with van der Waals surface area (Å²) in [6.07, 6.45) is 3.35. The molecule has 0 aliphatic heterocycles. The van der Waals surface area contributed by atoms with Gasteiger partial charge in [0.1, 0.15) is 11.5 Å². The summed E-state index contributed by atoms with van der Waals surface area (Å²) in [7, 11) is 0. The molecule has 1 aromatic rings. The molecule has 1 aromatic carbocycles. The molecule has 1 N–H and O–H groups in total. The number of aliphatic carboxylic acids is 1. The number of hydrogen-bond donors (Lipinski definition) is 1. The number of unbranched alkanes of at least 4 members (excludes halogenated alkanes) is 1. The van der Waals surface area contributed by atoms with E-state index in [1.807, 2.05) is 24.3 Å². The first kappa shape index (κ1) is 17.3. The molecule has 4 nitrogen and oxygen atoms in total. The Bertz CT molecular complexity index is 423. The number of carboxylic acid groups (broad SMARTS) is 1. The van der Waals surface area contributed by atoms with Crippen molar-refractivity contribution in [2.45, 2.75) is 46.5 Å². The third-order valence-corrected chi connectivity index (χ3v) is 3.34. The predicted octanol–water partition coefficient (Wildman–Crippen LogP) is 4.14. The molecule has 0 aromatic heterocycles. The molecular weight excluding hydrogens is 268 g/mol. The van der Waals surface area contributed by atoms with E-state index < -0.39 is 11.4 Å². The lowest BCUT2D eigenvalue weighted by atomic mass is 9.87. The van der Waals surface area contributed by atoms with Crippen molar-refractivity contribution >= 4 is 5.97 Å². The maximum atomic E-state index is 11.0. The summed E-state index contributed by atoms with van der Waals surface area (Å²) >= 11 is 0. The van der Waals surface area contributed by atoms with Crippen LogP contribution in [0.3, 0.4) is 0 Å². The summed E-state index contributed by atoms with van der Waals surface area (Å²) < 4.78 is 11.1. The van der Waals surface area contributed by atoms with Crippen molar-refractivity contribution in [1.82, 2.24) is 0 Å². The quantitative estimate of drug-likeness (QED) is 0.659. The molecular formula is C17H26O4. The average Bonchev–Trinajstić information content (AvgIpc) is 2.45. The smallest absolute Gasteiger partial charge is 0.309 e. The molecule has 0 unspecified atom stereocenters. The van der Waals surface area contributed by atoms with Gasteiger partial charge in [-0.05, 0) is 63.8 Å². The Balaban J connectivity index is 2.22. The molecule has 0 atom stereocenters. The minimum atomic E-state index is -0.744. The van der Waals surface area contributed by atoms with Crippen LogP contribution in [-0.4, -0.2) is 24.3 Å². The summed E-state index contributed by atoms with van der Waals surface area (Å²) in [6, 6.07) is 7.59. The number of hydrogen-bond acceptors (Lipinski definition) is 3. The van der Waals surface area contributed by atoms with E-state index in [2.05, 4.69) is 6.92 Å². The van der Waals surface area contributed by atoms with Crippen LogP contribution in [0.5, 0.6) is 11.5 Å². The number of benzene rings is 1. The van der Waals surface area contributed by atoms with Crippen molar-refractivity contribution in [3.8, 4) is 11.5 Å².